The lowest BCUT2D eigenvalue weighted by Crippen LogP contribution is -2.74. The molecule has 0 aromatic heterocycles. The van der Waals surface area contributed by atoms with E-state index in [1.54, 1.807) is 0 Å². The van der Waals surface area contributed by atoms with Crippen LogP contribution in [-0.2, 0) is 9.53 Å². The predicted molar refractivity (Wildman–Crippen MR) is 97.3 cm³/mol. The van der Waals surface area contributed by atoms with Crippen molar-refractivity contribution in [1.29, 1.82) is 0 Å². The molecule has 2 fully saturated rings. The number of likely N-dealkylation sites (tertiary alicyclic amines) is 1. The van der Waals surface area contributed by atoms with Crippen molar-refractivity contribution in [3.05, 3.63) is 29.8 Å². The zero-order valence-corrected chi connectivity index (χ0v) is 15.4. The number of nitrogens with zero attached hydrogens (tertiary/aromatic N) is 2. The van der Waals surface area contributed by atoms with Crippen molar-refractivity contribution in [3.8, 4) is 0 Å². The van der Waals surface area contributed by atoms with Gasteiger partial charge < -0.3 is 14.5 Å². The topological polar surface area (TPSA) is 32.8 Å². The van der Waals surface area contributed by atoms with E-state index >= 15 is 0 Å². The second-order valence-corrected chi connectivity index (χ2v) is 7.75. The van der Waals surface area contributed by atoms with E-state index in [0.717, 1.165) is 32.5 Å². The molecule has 132 valence electrons. The molecule has 1 amide bonds. The second kappa shape index (κ2) is 6.75. The minimum absolute atomic E-state index is 0.0542. The van der Waals surface area contributed by atoms with Gasteiger partial charge in [-0.3, -0.25) is 4.79 Å². The molecule has 0 saturated carbocycles. The maximum atomic E-state index is 12.3. The summed E-state index contributed by atoms with van der Waals surface area (Å²) in [5.41, 5.74) is 2.61. The minimum Gasteiger partial charge on any atom is -0.377 e. The van der Waals surface area contributed by atoms with E-state index in [4.69, 9.17) is 4.74 Å². The van der Waals surface area contributed by atoms with Crippen molar-refractivity contribution in [1.82, 2.24) is 4.90 Å². The average molecular weight is 330 g/mol. The second-order valence-electron chi connectivity index (χ2n) is 7.75. The van der Waals surface area contributed by atoms with E-state index in [1.807, 2.05) is 12.0 Å². The van der Waals surface area contributed by atoms with Gasteiger partial charge in [-0.15, -0.1) is 0 Å². The van der Waals surface area contributed by atoms with Crippen LogP contribution in [0.2, 0.25) is 0 Å². The Balaban J connectivity index is 1.71. The molecule has 2 saturated heterocycles. The number of carbonyl (C=O) groups excluding carboxylic acids is 1. The van der Waals surface area contributed by atoms with Gasteiger partial charge in [0.15, 0.2) is 0 Å². The highest BCUT2D eigenvalue weighted by Crippen LogP contribution is 2.44. The summed E-state index contributed by atoms with van der Waals surface area (Å²) in [6, 6.07) is 8.76. The maximum absolute atomic E-state index is 12.3. The molecule has 2 aliphatic rings. The highest BCUT2D eigenvalue weighted by molar-refractivity contribution is 5.76. The van der Waals surface area contributed by atoms with E-state index in [2.05, 4.69) is 49.9 Å². The third kappa shape index (κ3) is 3.04. The Morgan fingerprint density at radius 2 is 1.88 bits per heavy atom. The molecular formula is C20H30N2O2. The Labute approximate surface area is 145 Å². The Morgan fingerprint density at radius 3 is 2.42 bits per heavy atom. The first-order chi connectivity index (χ1) is 11.5. The van der Waals surface area contributed by atoms with Crippen LogP contribution < -0.4 is 4.90 Å². The molecular weight excluding hydrogens is 300 g/mol. The van der Waals surface area contributed by atoms with Gasteiger partial charge in [0, 0.05) is 38.9 Å². The summed E-state index contributed by atoms with van der Waals surface area (Å²) in [6.07, 6.45) is 2.90. The summed E-state index contributed by atoms with van der Waals surface area (Å²) in [5.74, 6) is 0.725. The van der Waals surface area contributed by atoms with Gasteiger partial charge in [0.2, 0.25) is 5.91 Å². The van der Waals surface area contributed by atoms with Gasteiger partial charge in [0.1, 0.15) is 0 Å². The van der Waals surface area contributed by atoms with Gasteiger partial charge in [-0.25, -0.2) is 0 Å². The molecule has 1 spiro atoms. The standard InChI is InChI=1S/C20H30N2O2/c1-15(2)13-19(23)21-11-9-20(10-12-21)18(24-4)14-22(20)17-7-5-16(3)6-8-17/h5-8,15,18H,9-14H2,1-4H3. The Bertz CT molecular complexity index is 574. The van der Waals surface area contributed by atoms with Crippen molar-refractivity contribution >= 4 is 11.6 Å². The number of amides is 1. The summed E-state index contributed by atoms with van der Waals surface area (Å²) in [6.45, 7) is 8.96. The molecule has 0 radical (unpaired) electrons. The van der Waals surface area contributed by atoms with Crippen LogP contribution in [0.4, 0.5) is 5.69 Å². The van der Waals surface area contributed by atoms with Crippen molar-refractivity contribution < 1.29 is 9.53 Å². The SMILES string of the molecule is COC1CN(c2ccc(C)cc2)C12CCN(C(=O)CC(C)C)CC2. The Morgan fingerprint density at radius 1 is 1.25 bits per heavy atom. The van der Waals surface area contributed by atoms with Crippen LogP contribution in [0.25, 0.3) is 0 Å². The van der Waals surface area contributed by atoms with E-state index in [0.29, 0.717) is 18.2 Å². The lowest BCUT2D eigenvalue weighted by atomic mass is 9.73. The van der Waals surface area contributed by atoms with Gasteiger partial charge in [-0.1, -0.05) is 31.5 Å². The predicted octanol–water partition coefficient (Wildman–Crippen LogP) is 3.24. The van der Waals surface area contributed by atoms with E-state index in [-0.39, 0.29) is 11.6 Å². The molecule has 4 heteroatoms. The molecule has 0 aliphatic carbocycles. The lowest BCUT2D eigenvalue weighted by molar-refractivity contribution is -0.135. The number of rotatable bonds is 4. The summed E-state index contributed by atoms with van der Waals surface area (Å²) in [4.78, 5) is 16.9. The van der Waals surface area contributed by atoms with Gasteiger partial charge in [0.25, 0.3) is 0 Å². The Hall–Kier alpha value is -1.55. The number of anilines is 1. The fraction of sp³-hybridized carbons (Fsp3) is 0.650. The number of carbonyl (C=O) groups is 1. The fourth-order valence-electron chi connectivity index (χ4n) is 4.17. The summed E-state index contributed by atoms with van der Waals surface area (Å²) in [7, 11) is 1.81. The zero-order chi connectivity index (χ0) is 17.3. The first-order valence-corrected chi connectivity index (χ1v) is 9.11. The molecule has 0 bridgehead atoms. The number of aryl methyl sites for hydroxylation is 1. The molecule has 1 atom stereocenters. The van der Waals surface area contributed by atoms with Crippen molar-refractivity contribution in [3.63, 3.8) is 0 Å². The quantitative estimate of drug-likeness (QED) is 0.850. The third-order valence-corrected chi connectivity index (χ3v) is 5.68. The summed E-state index contributed by atoms with van der Waals surface area (Å²) >= 11 is 0. The maximum Gasteiger partial charge on any atom is 0.222 e. The first-order valence-electron chi connectivity index (χ1n) is 9.11. The van der Waals surface area contributed by atoms with E-state index in [1.165, 1.54) is 11.3 Å². The number of hydrogen-bond donors (Lipinski definition) is 0. The summed E-state index contributed by atoms with van der Waals surface area (Å²) in [5, 5.41) is 0. The minimum atomic E-state index is 0.0542. The van der Waals surface area contributed by atoms with Crippen molar-refractivity contribution in [2.45, 2.75) is 51.7 Å². The number of benzene rings is 1. The van der Waals surface area contributed by atoms with Crippen LogP contribution in [0.5, 0.6) is 0 Å². The van der Waals surface area contributed by atoms with Gasteiger partial charge in [-0.2, -0.15) is 0 Å². The van der Waals surface area contributed by atoms with Gasteiger partial charge in [0.05, 0.1) is 11.6 Å². The van der Waals surface area contributed by atoms with Crippen molar-refractivity contribution in [2.75, 3.05) is 31.6 Å². The molecule has 3 rings (SSSR count). The number of methoxy groups -OCH3 is 1. The van der Waals surface area contributed by atoms with Crippen LogP contribution in [-0.4, -0.2) is 49.2 Å². The summed E-state index contributed by atoms with van der Waals surface area (Å²) < 4.78 is 5.77. The molecule has 2 aliphatic heterocycles. The highest BCUT2D eigenvalue weighted by Gasteiger charge is 2.55. The number of piperidine rings is 1. The monoisotopic (exact) mass is 330 g/mol. The molecule has 1 aromatic rings. The smallest absolute Gasteiger partial charge is 0.222 e. The largest absolute Gasteiger partial charge is 0.377 e. The normalized spacial score (nSPS) is 22.8. The average Bonchev–Trinajstić information content (AvgIpc) is 2.55. The van der Waals surface area contributed by atoms with Crippen LogP contribution in [0.1, 0.15) is 38.7 Å². The molecule has 2 heterocycles. The van der Waals surface area contributed by atoms with Gasteiger partial charge in [-0.05, 0) is 37.8 Å². The molecule has 1 unspecified atom stereocenters. The molecule has 1 aromatic carbocycles. The molecule has 0 N–H and O–H groups in total. The molecule has 24 heavy (non-hydrogen) atoms. The first kappa shape index (κ1) is 17.3. The fourth-order valence-corrected chi connectivity index (χ4v) is 4.17. The Kier molecular flexibility index (Phi) is 4.86. The van der Waals surface area contributed by atoms with Crippen LogP contribution in [0.3, 0.4) is 0 Å². The zero-order valence-electron chi connectivity index (χ0n) is 15.4. The highest BCUT2D eigenvalue weighted by atomic mass is 16.5. The number of ether oxygens (including phenoxy) is 1. The van der Waals surface area contributed by atoms with Crippen LogP contribution in [0, 0.1) is 12.8 Å². The van der Waals surface area contributed by atoms with E-state index in [9.17, 15) is 4.79 Å². The van der Waals surface area contributed by atoms with Crippen LogP contribution in [0.15, 0.2) is 24.3 Å². The van der Waals surface area contributed by atoms with Crippen LogP contribution >= 0.6 is 0 Å². The third-order valence-electron chi connectivity index (χ3n) is 5.68. The number of hydrogen-bond acceptors (Lipinski definition) is 3. The molecule has 4 nitrogen and oxygen atoms in total. The van der Waals surface area contributed by atoms with E-state index < -0.39 is 0 Å². The lowest BCUT2D eigenvalue weighted by Gasteiger charge is -2.61. The van der Waals surface area contributed by atoms with Crippen molar-refractivity contribution in [2.24, 2.45) is 5.92 Å². The van der Waals surface area contributed by atoms with Gasteiger partial charge >= 0.3 is 0 Å².